The normalized spacial score (nSPS) is 17.6. The minimum absolute atomic E-state index is 0.145. The Balaban J connectivity index is 1.72. The number of aromatic nitrogens is 2. The largest absolute Gasteiger partial charge is 0.496 e. The highest BCUT2D eigenvalue weighted by atomic mass is 16.5. The molecule has 34 heavy (non-hydrogen) atoms. The van der Waals surface area contributed by atoms with Gasteiger partial charge in [0.15, 0.2) is 0 Å². The molecule has 0 saturated carbocycles. The fourth-order valence-corrected chi connectivity index (χ4v) is 5.38. The summed E-state index contributed by atoms with van der Waals surface area (Å²) in [5, 5.41) is 2.57. The molecule has 6 rings (SSSR count). The van der Waals surface area contributed by atoms with Crippen LogP contribution in [0, 0.1) is 0 Å². The second-order valence-electron chi connectivity index (χ2n) is 8.81. The van der Waals surface area contributed by atoms with E-state index in [1.165, 1.54) is 0 Å². The Hall–Kier alpha value is -4.12. The van der Waals surface area contributed by atoms with Crippen LogP contribution in [0.2, 0.25) is 0 Å². The van der Waals surface area contributed by atoms with E-state index in [9.17, 15) is 9.59 Å². The molecule has 5 heteroatoms. The van der Waals surface area contributed by atoms with Crippen LogP contribution in [0.4, 0.5) is 0 Å². The lowest BCUT2D eigenvalue weighted by atomic mass is 9.93. The van der Waals surface area contributed by atoms with E-state index in [0.717, 1.165) is 34.7 Å². The molecule has 5 nitrogen and oxygen atoms in total. The summed E-state index contributed by atoms with van der Waals surface area (Å²) in [6.45, 7) is 0. The van der Waals surface area contributed by atoms with Gasteiger partial charge in [0.1, 0.15) is 5.75 Å². The first-order chi connectivity index (χ1) is 16.7. The summed E-state index contributed by atoms with van der Waals surface area (Å²) in [6.07, 6.45) is 1.54. The van der Waals surface area contributed by atoms with Crippen molar-refractivity contribution in [2.75, 3.05) is 7.11 Å². The monoisotopic (exact) mass is 448 g/mol. The van der Waals surface area contributed by atoms with E-state index in [1.54, 1.807) is 16.5 Å². The van der Waals surface area contributed by atoms with Crippen LogP contribution in [-0.4, -0.2) is 16.5 Å². The molecule has 5 aromatic rings. The molecule has 0 radical (unpaired) electrons. The molecule has 168 valence electrons. The summed E-state index contributed by atoms with van der Waals surface area (Å²) >= 11 is 0. The van der Waals surface area contributed by atoms with Gasteiger partial charge >= 0.3 is 0 Å². The van der Waals surface area contributed by atoms with Gasteiger partial charge in [-0.3, -0.25) is 9.59 Å². The first-order valence-corrected chi connectivity index (χ1v) is 11.5. The molecule has 4 aromatic carbocycles. The number of hydrogen-bond acceptors (Lipinski definition) is 3. The highest BCUT2D eigenvalue weighted by molar-refractivity contribution is 6.00. The summed E-state index contributed by atoms with van der Waals surface area (Å²) in [4.78, 5) is 28.1. The van der Waals surface area contributed by atoms with Crippen LogP contribution in [0.3, 0.4) is 0 Å². The quantitative estimate of drug-likeness (QED) is 0.352. The summed E-state index contributed by atoms with van der Waals surface area (Å²) in [5.41, 5.74) is 1.76. The number of rotatable bonds is 3. The topological polar surface area (TPSA) is 53.2 Å². The Morgan fingerprint density at radius 3 is 1.71 bits per heavy atom. The molecular weight excluding hydrogens is 424 g/mol. The van der Waals surface area contributed by atoms with Crippen molar-refractivity contribution in [2.45, 2.75) is 24.9 Å². The Labute approximate surface area is 196 Å². The van der Waals surface area contributed by atoms with Crippen LogP contribution >= 0.6 is 0 Å². The maximum atomic E-state index is 14.1. The zero-order valence-electron chi connectivity index (χ0n) is 18.8. The smallest absolute Gasteiger partial charge is 0.273 e. The molecule has 2 atom stereocenters. The SMILES string of the molecule is COc1cccc2cc3c(=O)n4n(c(=O)c3cc12)C(c1ccccc1)CCC4c1ccccc1. The van der Waals surface area contributed by atoms with Crippen LogP contribution < -0.4 is 15.9 Å². The lowest BCUT2D eigenvalue weighted by molar-refractivity contribution is 0.259. The number of methoxy groups -OCH3 is 1. The molecule has 0 amide bonds. The van der Waals surface area contributed by atoms with Gasteiger partial charge in [0.05, 0.1) is 30.0 Å². The van der Waals surface area contributed by atoms with E-state index in [1.807, 2.05) is 91.0 Å². The lowest BCUT2D eigenvalue weighted by Crippen LogP contribution is -2.46. The molecule has 0 N–H and O–H groups in total. The number of nitrogens with zero attached hydrogens (tertiary/aromatic N) is 2. The van der Waals surface area contributed by atoms with Crippen molar-refractivity contribution in [3.8, 4) is 5.75 Å². The van der Waals surface area contributed by atoms with Crippen molar-refractivity contribution in [2.24, 2.45) is 0 Å². The van der Waals surface area contributed by atoms with E-state index in [0.29, 0.717) is 16.5 Å². The number of ether oxygens (including phenoxy) is 1. The Morgan fingerprint density at radius 1 is 0.647 bits per heavy atom. The van der Waals surface area contributed by atoms with Crippen molar-refractivity contribution in [3.05, 3.63) is 123 Å². The number of benzene rings is 4. The maximum absolute atomic E-state index is 14.1. The van der Waals surface area contributed by atoms with Crippen LogP contribution in [0.25, 0.3) is 21.5 Å². The highest BCUT2D eigenvalue weighted by Gasteiger charge is 2.32. The van der Waals surface area contributed by atoms with E-state index < -0.39 is 0 Å². The van der Waals surface area contributed by atoms with Gasteiger partial charge in [0.2, 0.25) is 0 Å². The molecule has 0 spiro atoms. The van der Waals surface area contributed by atoms with E-state index >= 15 is 0 Å². The molecule has 0 saturated heterocycles. The van der Waals surface area contributed by atoms with Crippen molar-refractivity contribution >= 4 is 21.5 Å². The number of hydrogen-bond donors (Lipinski definition) is 0. The number of fused-ring (bicyclic) bond motifs is 3. The van der Waals surface area contributed by atoms with Gasteiger partial charge in [0.25, 0.3) is 11.1 Å². The zero-order valence-corrected chi connectivity index (χ0v) is 18.8. The van der Waals surface area contributed by atoms with Crippen molar-refractivity contribution in [3.63, 3.8) is 0 Å². The average Bonchev–Trinajstić information content (AvgIpc) is 2.90. The molecule has 0 aliphatic carbocycles. The van der Waals surface area contributed by atoms with Crippen molar-refractivity contribution in [1.29, 1.82) is 0 Å². The first-order valence-electron chi connectivity index (χ1n) is 11.5. The third kappa shape index (κ3) is 3.08. The Kier molecular flexibility index (Phi) is 4.84. The summed E-state index contributed by atoms with van der Waals surface area (Å²) in [6, 6.07) is 28.9. The van der Waals surface area contributed by atoms with Crippen LogP contribution in [0.5, 0.6) is 5.75 Å². The van der Waals surface area contributed by atoms with Gasteiger partial charge in [-0.2, -0.15) is 0 Å². The third-order valence-electron chi connectivity index (χ3n) is 6.98. The minimum atomic E-state index is -0.209. The van der Waals surface area contributed by atoms with Gasteiger partial charge in [-0.1, -0.05) is 72.8 Å². The third-order valence-corrected chi connectivity index (χ3v) is 6.98. The molecule has 1 aromatic heterocycles. The fourth-order valence-electron chi connectivity index (χ4n) is 5.38. The predicted octanol–water partition coefficient (Wildman–Crippen LogP) is 5.30. The minimum Gasteiger partial charge on any atom is -0.496 e. The van der Waals surface area contributed by atoms with Crippen molar-refractivity contribution in [1.82, 2.24) is 9.36 Å². The predicted molar refractivity (Wildman–Crippen MR) is 135 cm³/mol. The fraction of sp³-hybridized carbons (Fsp3) is 0.172. The molecule has 0 fully saturated rings. The molecule has 0 bridgehead atoms. The highest BCUT2D eigenvalue weighted by Crippen LogP contribution is 2.35. The second-order valence-corrected chi connectivity index (χ2v) is 8.81. The van der Waals surface area contributed by atoms with E-state index in [-0.39, 0.29) is 23.2 Å². The van der Waals surface area contributed by atoms with E-state index in [2.05, 4.69) is 0 Å². The molecular formula is C29H24N2O3. The maximum Gasteiger partial charge on any atom is 0.273 e. The first kappa shape index (κ1) is 20.5. The van der Waals surface area contributed by atoms with Crippen LogP contribution in [-0.2, 0) is 0 Å². The zero-order chi connectivity index (χ0) is 23.2. The molecule has 2 heterocycles. The van der Waals surface area contributed by atoms with Crippen molar-refractivity contribution < 1.29 is 4.74 Å². The van der Waals surface area contributed by atoms with Gasteiger partial charge in [-0.15, -0.1) is 0 Å². The van der Waals surface area contributed by atoms with Gasteiger partial charge in [0, 0.05) is 5.39 Å². The Morgan fingerprint density at radius 2 is 1.18 bits per heavy atom. The summed E-state index contributed by atoms with van der Waals surface area (Å²) < 4.78 is 8.93. The standard InChI is InChI=1S/C29H24N2O3/c1-34-27-14-8-13-21-17-23-24(18-22(21)27)29(33)31-26(20-11-6-3-7-12-20)16-15-25(30(31)28(23)32)19-9-4-2-5-10-19/h2-14,17-18,25-26H,15-16H2,1H3. The van der Waals surface area contributed by atoms with Crippen LogP contribution in [0.15, 0.2) is 101 Å². The molecule has 1 aliphatic heterocycles. The molecule has 1 aliphatic rings. The van der Waals surface area contributed by atoms with Gasteiger partial charge in [-0.05, 0) is 47.6 Å². The van der Waals surface area contributed by atoms with Gasteiger partial charge < -0.3 is 4.74 Å². The van der Waals surface area contributed by atoms with Gasteiger partial charge in [-0.25, -0.2) is 9.36 Å². The average molecular weight is 449 g/mol. The molecule has 2 unspecified atom stereocenters. The van der Waals surface area contributed by atoms with E-state index in [4.69, 9.17) is 4.74 Å². The second kappa shape index (κ2) is 8.03. The summed E-state index contributed by atoms with van der Waals surface area (Å²) in [7, 11) is 1.61. The van der Waals surface area contributed by atoms with Crippen LogP contribution in [0.1, 0.15) is 36.1 Å². The lowest BCUT2D eigenvalue weighted by Gasteiger charge is -2.35. The summed E-state index contributed by atoms with van der Waals surface area (Å²) in [5.74, 6) is 0.684. The Bertz CT molecular complexity index is 1640.